The monoisotopic (exact) mass is 510 g/mol. The lowest BCUT2D eigenvalue weighted by Crippen LogP contribution is -2.33. The molecule has 4 heterocycles. The van der Waals surface area contributed by atoms with Gasteiger partial charge in [0.1, 0.15) is 34.8 Å². The van der Waals surface area contributed by atoms with Crippen LogP contribution in [0.2, 0.25) is 0 Å². The van der Waals surface area contributed by atoms with Crippen molar-refractivity contribution in [2.75, 3.05) is 11.9 Å². The fourth-order valence-corrected chi connectivity index (χ4v) is 4.19. The number of rotatable bonds is 3. The number of carbonyl (C=O) groups is 1. The zero-order valence-electron chi connectivity index (χ0n) is 20.4. The summed E-state index contributed by atoms with van der Waals surface area (Å²) in [4.78, 5) is 21.8. The average Bonchev–Trinajstić information content (AvgIpc) is 3.35. The lowest BCUT2D eigenvalue weighted by Gasteiger charge is -2.17. The fourth-order valence-electron chi connectivity index (χ4n) is 4.19. The summed E-state index contributed by atoms with van der Waals surface area (Å²) in [6, 6.07) is 18.5. The van der Waals surface area contributed by atoms with Crippen molar-refractivity contribution < 1.29 is 18.7 Å². The molecule has 0 aliphatic carbocycles. The summed E-state index contributed by atoms with van der Waals surface area (Å²) >= 11 is 0. The lowest BCUT2D eigenvalue weighted by molar-refractivity contribution is 0.0932. The number of hydrogen-bond donors (Lipinski definition) is 2. The first-order valence-electron chi connectivity index (χ1n) is 12.1. The normalized spacial score (nSPS) is 15.3. The number of benzene rings is 2. The number of fused-ring (bicyclic) bond motifs is 2. The van der Waals surface area contributed by atoms with Crippen LogP contribution in [0, 0.1) is 5.82 Å². The van der Waals surface area contributed by atoms with E-state index in [9.17, 15) is 9.18 Å². The summed E-state index contributed by atoms with van der Waals surface area (Å²) in [5, 5.41) is 10.5. The predicted molar refractivity (Wildman–Crippen MR) is 139 cm³/mol. The largest absolute Gasteiger partial charge is 0.473 e. The van der Waals surface area contributed by atoms with E-state index in [0.717, 1.165) is 23.1 Å². The molecule has 1 amide bonds. The van der Waals surface area contributed by atoms with Gasteiger partial charge in [-0.05, 0) is 42.8 Å². The van der Waals surface area contributed by atoms with Crippen molar-refractivity contribution in [2.45, 2.75) is 19.6 Å². The van der Waals surface area contributed by atoms with Crippen molar-refractivity contribution in [3.63, 3.8) is 0 Å². The highest BCUT2D eigenvalue weighted by Crippen LogP contribution is 2.31. The van der Waals surface area contributed by atoms with Gasteiger partial charge in [-0.15, -0.1) is 0 Å². The Morgan fingerprint density at radius 3 is 2.63 bits per heavy atom. The van der Waals surface area contributed by atoms with E-state index >= 15 is 0 Å². The summed E-state index contributed by atoms with van der Waals surface area (Å²) < 4.78 is 27.5. The van der Waals surface area contributed by atoms with Crippen molar-refractivity contribution in [1.82, 2.24) is 24.9 Å². The van der Waals surface area contributed by atoms with Crippen LogP contribution in [0.4, 0.5) is 10.2 Å². The predicted octanol–water partition coefficient (Wildman–Crippen LogP) is 4.85. The molecule has 38 heavy (non-hydrogen) atoms. The molecule has 0 saturated heterocycles. The molecule has 2 N–H and O–H groups in total. The van der Waals surface area contributed by atoms with Crippen LogP contribution < -0.4 is 20.1 Å². The molecule has 3 aromatic heterocycles. The van der Waals surface area contributed by atoms with E-state index in [1.54, 1.807) is 17.6 Å². The Kier molecular flexibility index (Phi) is 6.04. The molecule has 0 fully saturated rings. The van der Waals surface area contributed by atoms with Crippen LogP contribution in [0.5, 0.6) is 17.4 Å². The minimum absolute atomic E-state index is 0.197. The van der Waals surface area contributed by atoms with Gasteiger partial charge in [0.2, 0.25) is 5.88 Å². The van der Waals surface area contributed by atoms with Gasteiger partial charge in [-0.3, -0.25) is 4.79 Å². The molecule has 0 unspecified atom stereocenters. The van der Waals surface area contributed by atoms with Gasteiger partial charge in [0.25, 0.3) is 5.91 Å². The topological polar surface area (TPSA) is 103 Å². The summed E-state index contributed by atoms with van der Waals surface area (Å²) in [7, 11) is 0. The lowest BCUT2D eigenvalue weighted by atomic mass is 10.1. The van der Waals surface area contributed by atoms with E-state index in [0.29, 0.717) is 28.3 Å². The Balaban J connectivity index is 1.40. The maximum Gasteiger partial charge on any atom is 0.256 e. The number of hydrogen-bond acceptors (Lipinski definition) is 7. The van der Waals surface area contributed by atoms with Gasteiger partial charge in [0, 0.05) is 23.9 Å². The maximum atomic E-state index is 14.1. The third-order valence-corrected chi connectivity index (χ3v) is 6.08. The number of nitrogens with zero attached hydrogens (tertiary/aromatic N) is 4. The summed E-state index contributed by atoms with van der Waals surface area (Å²) in [5.41, 5.74) is 2.82. The van der Waals surface area contributed by atoms with Crippen LogP contribution in [-0.2, 0) is 6.54 Å². The third-order valence-electron chi connectivity index (χ3n) is 6.08. The second-order valence-electron chi connectivity index (χ2n) is 8.88. The second-order valence-corrected chi connectivity index (χ2v) is 8.88. The number of nitrogens with one attached hydrogen (secondary N) is 2. The number of anilines is 1. The van der Waals surface area contributed by atoms with E-state index in [-0.39, 0.29) is 24.9 Å². The molecule has 1 aliphatic rings. The summed E-state index contributed by atoms with van der Waals surface area (Å²) in [6.07, 6.45) is 4.00. The number of carbonyl (C=O) groups excluding carboxylic acids is 1. The van der Waals surface area contributed by atoms with Crippen molar-refractivity contribution in [2.24, 2.45) is 0 Å². The number of para-hydroxylation sites is 1. The minimum atomic E-state index is -0.477. The zero-order valence-corrected chi connectivity index (χ0v) is 20.4. The number of ether oxygens (including phenoxy) is 2. The second kappa shape index (κ2) is 9.81. The molecule has 5 aromatic rings. The highest BCUT2D eigenvalue weighted by atomic mass is 19.1. The molecule has 190 valence electrons. The molecule has 1 aliphatic heterocycles. The van der Waals surface area contributed by atoms with Crippen LogP contribution in [0.1, 0.15) is 22.8 Å². The number of amides is 1. The van der Waals surface area contributed by atoms with Crippen molar-refractivity contribution >= 4 is 17.4 Å². The Bertz CT molecular complexity index is 1620. The molecule has 9 nitrogen and oxygen atoms in total. The molecule has 0 saturated carbocycles. The fraction of sp³-hybridized carbons (Fsp3) is 0.143. The molecule has 0 radical (unpaired) electrons. The van der Waals surface area contributed by atoms with Gasteiger partial charge in [0.05, 0.1) is 18.9 Å². The van der Waals surface area contributed by atoms with Crippen LogP contribution in [-0.4, -0.2) is 38.1 Å². The van der Waals surface area contributed by atoms with Crippen LogP contribution >= 0.6 is 0 Å². The average molecular weight is 511 g/mol. The van der Waals surface area contributed by atoms with Gasteiger partial charge >= 0.3 is 0 Å². The smallest absolute Gasteiger partial charge is 0.256 e. The molecule has 2 bridgehead atoms. The van der Waals surface area contributed by atoms with Crippen molar-refractivity contribution in [3.8, 4) is 28.5 Å². The molecular formula is C28H23FN6O3. The standard InChI is InChI=1S/C28H23FN6O3/c1-17-12-31-27(36)23-15-33-35-16-24(18-7-9-22(10-8-18)38-21-5-3-2-4-6-21)25(34-26(23)35)30-13-19-11-20(29)14-32-28(19)37-17/h2-11,14-17H,12-13H2,1H3,(H,30,34)(H,31,36)/t17-/m0/s1. The van der Waals surface area contributed by atoms with Gasteiger partial charge < -0.3 is 20.1 Å². The van der Waals surface area contributed by atoms with E-state index in [4.69, 9.17) is 14.5 Å². The van der Waals surface area contributed by atoms with Crippen LogP contribution in [0.25, 0.3) is 16.8 Å². The highest BCUT2D eigenvalue weighted by molar-refractivity contribution is 6.00. The molecule has 10 heteroatoms. The Morgan fingerprint density at radius 2 is 1.82 bits per heavy atom. The van der Waals surface area contributed by atoms with E-state index in [1.807, 2.05) is 54.6 Å². The maximum absolute atomic E-state index is 14.1. The SMILES string of the molecule is C[C@H]1CNC(=O)c2cnn3cc(-c4ccc(Oc5ccccc5)cc4)c(nc23)NCc2cc(F)cnc2O1. The van der Waals surface area contributed by atoms with Crippen molar-refractivity contribution in [1.29, 1.82) is 0 Å². The number of halogens is 1. The number of pyridine rings is 1. The molecule has 2 aromatic carbocycles. The summed E-state index contributed by atoms with van der Waals surface area (Å²) in [5.74, 6) is 1.40. The van der Waals surface area contributed by atoms with Gasteiger partial charge in [0.15, 0.2) is 5.65 Å². The van der Waals surface area contributed by atoms with E-state index in [1.165, 1.54) is 12.3 Å². The first-order valence-corrected chi connectivity index (χ1v) is 12.1. The van der Waals surface area contributed by atoms with Gasteiger partial charge in [-0.1, -0.05) is 30.3 Å². The van der Waals surface area contributed by atoms with Gasteiger partial charge in [-0.25, -0.2) is 18.9 Å². The highest BCUT2D eigenvalue weighted by Gasteiger charge is 2.20. The molecular weight excluding hydrogens is 487 g/mol. The van der Waals surface area contributed by atoms with Crippen LogP contribution in [0.15, 0.2) is 79.3 Å². The van der Waals surface area contributed by atoms with Crippen molar-refractivity contribution in [3.05, 3.63) is 96.2 Å². The minimum Gasteiger partial charge on any atom is -0.473 e. The number of aromatic nitrogens is 4. The quantitative estimate of drug-likeness (QED) is 0.358. The van der Waals surface area contributed by atoms with E-state index in [2.05, 4.69) is 20.7 Å². The Hall–Kier alpha value is -4.99. The van der Waals surface area contributed by atoms with Gasteiger partial charge in [-0.2, -0.15) is 5.10 Å². The first kappa shape index (κ1) is 23.4. The van der Waals surface area contributed by atoms with Crippen LogP contribution in [0.3, 0.4) is 0 Å². The first-order chi connectivity index (χ1) is 18.5. The Morgan fingerprint density at radius 1 is 1.03 bits per heavy atom. The summed E-state index contributed by atoms with van der Waals surface area (Å²) in [6.45, 7) is 2.23. The molecule has 0 spiro atoms. The molecule has 1 atom stereocenters. The zero-order chi connectivity index (χ0) is 26.1. The third kappa shape index (κ3) is 4.71. The Labute approximate surface area is 217 Å². The molecule has 6 rings (SSSR count). The van der Waals surface area contributed by atoms with E-state index < -0.39 is 11.9 Å².